The summed E-state index contributed by atoms with van der Waals surface area (Å²) in [5.41, 5.74) is 2.69. The van der Waals surface area contributed by atoms with Gasteiger partial charge in [0.25, 0.3) is 5.91 Å². The molecule has 3 nitrogen and oxygen atoms in total. The molecule has 2 aromatic carbocycles. The van der Waals surface area contributed by atoms with Gasteiger partial charge in [-0.3, -0.25) is 4.79 Å². The van der Waals surface area contributed by atoms with E-state index in [0.717, 1.165) is 22.0 Å². The Balaban J connectivity index is 1.83. The van der Waals surface area contributed by atoms with Crippen molar-refractivity contribution < 1.29 is 9.90 Å². The highest BCUT2D eigenvalue weighted by atomic mass is 79.9. The third-order valence-corrected chi connectivity index (χ3v) is 3.80. The van der Waals surface area contributed by atoms with Crippen LogP contribution >= 0.6 is 15.9 Å². The minimum absolute atomic E-state index is 0.0666. The fourth-order valence-electron chi connectivity index (χ4n) is 1.99. The first kappa shape index (κ1) is 15.7. The SMILES string of the molecule is CC(O)c1ccc(CCNC(=O)c2ccc(Br)cc2)cc1. The molecule has 0 aliphatic heterocycles. The van der Waals surface area contributed by atoms with Gasteiger partial charge < -0.3 is 10.4 Å². The summed E-state index contributed by atoms with van der Waals surface area (Å²) in [4.78, 5) is 11.9. The second-order valence-corrected chi connectivity index (χ2v) is 5.85. The standard InChI is InChI=1S/C17H18BrNO2/c1-12(20)14-4-2-13(3-5-14)10-11-19-17(21)15-6-8-16(18)9-7-15/h2-9,12,20H,10-11H2,1H3,(H,19,21). The van der Waals surface area contributed by atoms with Crippen LogP contribution in [0.25, 0.3) is 0 Å². The van der Waals surface area contributed by atoms with Gasteiger partial charge in [0.2, 0.25) is 0 Å². The molecule has 4 heteroatoms. The van der Waals surface area contributed by atoms with Crippen LogP contribution in [0.15, 0.2) is 53.0 Å². The number of amides is 1. The fourth-order valence-corrected chi connectivity index (χ4v) is 2.25. The molecule has 0 aliphatic rings. The number of aliphatic hydroxyl groups is 1. The van der Waals surface area contributed by atoms with Gasteiger partial charge in [0.1, 0.15) is 0 Å². The number of benzene rings is 2. The number of rotatable bonds is 5. The Bertz CT molecular complexity index is 591. The van der Waals surface area contributed by atoms with Crippen LogP contribution in [0.2, 0.25) is 0 Å². The van der Waals surface area contributed by atoms with Gasteiger partial charge >= 0.3 is 0 Å². The first-order chi connectivity index (χ1) is 10.1. The van der Waals surface area contributed by atoms with Crippen molar-refractivity contribution in [1.29, 1.82) is 0 Å². The molecule has 0 aromatic heterocycles. The van der Waals surface area contributed by atoms with Crippen LogP contribution in [0.5, 0.6) is 0 Å². The Morgan fingerprint density at radius 2 is 1.76 bits per heavy atom. The zero-order valence-corrected chi connectivity index (χ0v) is 13.4. The molecule has 2 rings (SSSR count). The van der Waals surface area contributed by atoms with Gasteiger partial charge in [-0.25, -0.2) is 0 Å². The monoisotopic (exact) mass is 347 g/mol. The van der Waals surface area contributed by atoms with E-state index in [2.05, 4.69) is 21.2 Å². The van der Waals surface area contributed by atoms with Gasteiger partial charge in [-0.1, -0.05) is 40.2 Å². The predicted molar refractivity (Wildman–Crippen MR) is 87.3 cm³/mol. The Morgan fingerprint density at radius 3 is 2.33 bits per heavy atom. The summed E-state index contributed by atoms with van der Waals surface area (Å²) in [6.07, 6.45) is 0.318. The molecule has 0 bridgehead atoms. The maximum Gasteiger partial charge on any atom is 0.251 e. The lowest BCUT2D eigenvalue weighted by atomic mass is 10.1. The van der Waals surface area contributed by atoms with Gasteiger partial charge in [-0.2, -0.15) is 0 Å². The van der Waals surface area contributed by atoms with E-state index in [9.17, 15) is 9.90 Å². The number of halogens is 1. The Kier molecular flexibility index (Phi) is 5.53. The number of hydrogen-bond acceptors (Lipinski definition) is 2. The van der Waals surface area contributed by atoms with Gasteiger partial charge in [0.15, 0.2) is 0 Å². The van der Waals surface area contributed by atoms with Crippen molar-refractivity contribution >= 4 is 21.8 Å². The van der Waals surface area contributed by atoms with Crippen LogP contribution in [0.3, 0.4) is 0 Å². The third-order valence-electron chi connectivity index (χ3n) is 3.27. The predicted octanol–water partition coefficient (Wildman–Crippen LogP) is 3.47. The summed E-state index contributed by atoms with van der Waals surface area (Å²) < 4.78 is 0.956. The van der Waals surface area contributed by atoms with E-state index in [4.69, 9.17) is 0 Å². The first-order valence-corrected chi connectivity index (χ1v) is 7.66. The average Bonchev–Trinajstić information content (AvgIpc) is 2.48. The van der Waals surface area contributed by atoms with E-state index < -0.39 is 6.10 Å². The van der Waals surface area contributed by atoms with Crippen molar-refractivity contribution in [3.05, 3.63) is 69.7 Å². The summed E-state index contributed by atoms with van der Waals surface area (Å²) in [5.74, 6) is -0.0666. The lowest BCUT2D eigenvalue weighted by molar-refractivity contribution is 0.0954. The summed E-state index contributed by atoms with van der Waals surface area (Å²) in [6, 6.07) is 15.1. The van der Waals surface area contributed by atoms with Gasteiger partial charge in [0, 0.05) is 16.6 Å². The molecule has 21 heavy (non-hydrogen) atoms. The zero-order valence-electron chi connectivity index (χ0n) is 11.8. The Hall–Kier alpha value is -1.65. The molecule has 110 valence electrons. The van der Waals surface area contributed by atoms with Crippen LogP contribution in [-0.2, 0) is 6.42 Å². The minimum Gasteiger partial charge on any atom is -0.389 e. The lowest BCUT2D eigenvalue weighted by Gasteiger charge is -2.08. The van der Waals surface area contributed by atoms with E-state index in [1.165, 1.54) is 0 Å². The average molecular weight is 348 g/mol. The van der Waals surface area contributed by atoms with E-state index in [-0.39, 0.29) is 5.91 Å². The first-order valence-electron chi connectivity index (χ1n) is 6.87. The highest BCUT2D eigenvalue weighted by Gasteiger charge is 2.05. The number of aliphatic hydroxyl groups excluding tert-OH is 1. The molecule has 2 aromatic rings. The van der Waals surface area contributed by atoms with Crippen LogP contribution < -0.4 is 5.32 Å². The van der Waals surface area contributed by atoms with E-state index in [1.807, 2.05) is 36.4 Å². The van der Waals surface area contributed by atoms with Gasteiger partial charge in [0.05, 0.1) is 6.10 Å². The quantitative estimate of drug-likeness (QED) is 0.869. The summed E-state index contributed by atoms with van der Waals surface area (Å²) in [5, 5.41) is 12.3. The highest BCUT2D eigenvalue weighted by Crippen LogP contribution is 2.13. The highest BCUT2D eigenvalue weighted by molar-refractivity contribution is 9.10. The number of nitrogens with one attached hydrogen (secondary N) is 1. The summed E-state index contributed by atoms with van der Waals surface area (Å²) in [7, 11) is 0. The molecule has 2 N–H and O–H groups in total. The zero-order chi connectivity index (χ0) is 15.2. The maximum absolute atomic E-state index is 11.9. The lowest BCUT2D eigenvalue weighted by Crippen LogP contribution is -2.25. The normalized spacial score (nSPS) is 12.0. The molecule has 0 aliphatic carbocycles. The topological polar surface area (TPSA) is 49.3 Å². The largest absolute Gasteiger partial charge is 0.389 e. The molecule has 0 radical (unpaired) electrons. The van der Waals surface area contributed by atoms with Crippen LogP contribution in [0, 0.1) is 0 Å². The molecule has 0 heterocycles. The van der Waals surface area contributed by atoms with E-state index in [0.29, 0.717) is 12.1 Å². The van der Waals surface area contributed by atoms with Crippen LogP contribution in [-0.4, -0.2) is 17.6 Å². The molecular weight excluding hydrogens is 330 g/mol. The Labute approximate surface area is 133 Å². The van der Waals surface area contributed by atoms with Gasteiger partial charge in [-0.15, -0.1) is 0 Å². The fraction of sp³-hybridized carbons (Fsp3) is 0.235. The molecule has 1 amide bonds. The van der Waals surface area contributed by atoms with Crippen LogP contribution in [0.1, 0.15) is 34.5 Å². The minimum atomic E-state index is -0.448. The van der Waals surface area contributed by atoms with E-state index in [1.54, 1.807) is 19.1 Å². The molecule has 0 saturated heterocycles. The second-order valence-electron chi connectivity index (χ2n) is 4.93. The number of carbonyl (C=O) groups excluding carboxylic acids is 1. The third kappa shape index (κ3) is 4.69. The molecule has 1 unspecified atom stereocenters. The van der Waals surface area contributed by atoms with Crippen molar-refractivity contribution in [2.45, 2.75) is 19.4 Å². The smallest absolute Gasteiger partial charge is 0.251 e. The van der Waals surface area contributed by atoms with Crippen molar-refractivity contribution in [3.8, 4) is 0 Å². The van der Waals surface area contributed by atoms with Crippen molar-refractivity contribution in [1.82, 2.24) is 5.32 Å². The van der Waals surface area contributed by atoms with Gasteiger partial charge in [-0.05, 0) is 48.7 Å². The van der Waals surface area contributed by atoms with E-state index >= 15 is 0 Å². The molecule has 0 saturated carbocycles. The number of carbonyl (C=O) groups is 1. The van der Waals surface area contributed by atoms with Crippen molar-refractivity contribution in [3.63, 3.8) is 0 Å². The maximum atomic E-state index is 11.9. The van der Waals surface area contributed by atoms with Crippen molar-refractivity contribution in [2.75, 3.05) is 6.54 Å². The summed E-state index contributed by atoms with van der Waals surface area (Å²) >= 11 is 3.34. The van der Waals surface area contributed by atoms with Crippen molar-refractivity contribution in [2.24, 2.45) is 0 Å². The van der Waals surface area contributed by atoms with Crippen LogP contribution in [0.4, 0.5) is 0 Å². The Morgan fingerprint density at radius 1 is 1.14 bits per heavy atom. The molecule has 0 fully saturated rings. The summed E-state index contributed by atoms with van der Waals surface area (Å²) in [6.45, 7) is 2.33. The molecule has 0 spiro atoms. The second kappa shape index (κ2) is 7.38. The molecular formula is C17H18BrNO2. The molecule has 1 atom stereocenters. The number of hydrogen-bond donors (Lipinski definition) is 2.